The number of nitrogens with one attached hydrogen (secondary N) is 3. The molecule has 0 aromatic heterocycles. The third-order valence-corrected chi connectivity index (χ3v) is 5.16. The van der Waals surface area contributed by atoms with E-state index in [1.165, 1.54) is 0 Å². The molecule has 1 rings (SSSR count). The molecule has 8 nitrogen and oxygen atoms in total. The van der Waals surface area contributed by atoms with Crippen LogP contribution in [0.5, 0.6) is 0 Å². The number of nitrogens with zero attached hydrogens (tertiary/aromatic N) is 2. The first-order chi connectivity index (χ1) is 10.7. The maximum Gasteiger partial charge on any atom is 0.219 e. The van der Waals surface area contributed by atoms with Crippen molar-refractivity contribution in [2.45, 2.75) is 45.7 Å². The van der Waals surface area contributed by atoms with Crippen molar-refractivity contribution in [3.05, 3.63) is 0 Å². The molecule has 1 aliphatic rings. The van der Waals surface area contributed by atoms with Crippen LogP contribution in [0.1, 0.15) is 33.6 Å². The molecule has 23 heavy (non-hydrogen) atoms. The number of aliphatic imine (C=N–C) groups is 1. The molecule has 0 aliphatic carbocycles. The van der Waals surface area contributed by atoms with Gasteiger partial charge in [-0.3, -0.25) is 9.79 Å². The van der Waals surface area contributed by atoms with Gasteiger partial charge >= 0.3 is 0 Å². The zero-order valence-corrected chi connectivity index (χ0v) is 15.2. The fraction of sp³-hybridized carbons (Fsp3) is 0.857. The molecule has 9 heteroatoms. The van der Waals surface area contributed by atoms with E-state index in [9.17, 15) is 13.2 Å². The van der Waals surface area contributed by atoms with Gasteiger partial charge in [-0.1, -0.05) is 0 Å². The Morgan fingerprint density at radius 3 is 2.39 bits per heavy atom. The van der Waals surface area contributed by atoms with E-state index in [1.54, 1.807) is 27.8 Å². The van der Waals surface area contributed by atoms with E-state index < -0.39 is 10.0 Å². The molecule has 0 saturated carbocycles. The number of rotatable bonds is 6. The normalized spacial score (nSPS) is 17.4. The maximum absolute atomic E-state index is 11.8. The Labute approximate surface area is 139 Å². The van der Waals surface area contributed by atoms with Gasteiger partial charge in [-0.25, -0.2) is 13.1 Å². The molecule has 1 amide bonds. The molecule has 0 aromatic carbocycles. The number of likely N-dealkylation sites (tertiary alicyclic amines) is 1. The highest BCUT2D eigenvalue weighted by molar-refractivity contribution is 7.89. The summed E-state index contributed by atoms with van der Waals surface area (Å²) in [6.45, 7) is 6.92. The first-order valence-corrected chi connectivity index (χ1v) is 9.61. The van der Waals surface area contributed by atoms with Crippen molar-refractivity contribution in [3.8, 4) is 0 Å². The van der Waals surface area contributed by atoms with Crippen molar-refractivity contribution in [2.75, 3.05) is 32.4 Å². The van der Waals surface area contributed by atoms with Gasteiger partial charge in [0.25, 0.3) is 0 Å². The summed E-state index contributed by atoms with van der Waals surface area (Å²) in [6.07, 6.45) is 1.71. The Morgan fingerprint density at radius 1 is 1.30 bits per heavy atom. The van der Waals surface area contributed by atoms with Crippen LogP contribution < -0.4 is 15.4 Å². The summed E-state index contributed by atoms with van der Waals surface area (Å²) in [7, 11) is -1.62. The largest absolute Gasteiger partial charge is 0.355 e. The molecule has 1 aliphatic heterocycles. The average Bonchev–Trinajstić information content (AvgIpc) is 2.45. The van der Waals surface area contributed by atoms with Gasteiger partial charge in [0.2, 0.25) is 15.9 Å². The Morgan fingerprint density at radius 2 is 1.91 bits per heavy atom. The van der Waals surface area contributed by atoms with Gasteiger partial charge in [0, 0.05) is 45.7 Å². The molecule has 134 valence electrons. The average molecular weight is 347 g/mol. The highest BCUT2D eigenvalue weighted by Gasteiger charge is 2.21. The number of hydrogen-bond donors (Lipinski definition) is 3. The lowest BCUT2D eigenvalue weighted by atomic mass is 10.1. The van der Waals surface area contributed by atoms with Crippen LogP contribution in [0.4, 0.5) is 0 Å². The van der Waals surface area contributed by atoms with Crippen molar-refractivity contribution in [1.82, 2.24) is 20.3 Å². The summed E-state index contributed by atoms with van der Waals surface area (Å²) in [5, 5.41) is 6.30. The second-order valence-electron chi connectivity index (χ2n) is 6.02. The number of piperidine rings is 1. The van der Waals surface area contributed by atoms with Crippen LogP contribution in [0.25, 0.3) is 0 Å². The van der Waals surface area contributed by atoms with Crippen molar-refractivity contribution < 1.29 is 13.2 Å². The lowest BCUT2D eigenvalue weighted by Crippen LogP contribution is -2.50. The monoisotopic (exact) mass is 347 g/mol. The van der Waals surface area contributed by atoms with Crippen LogP contribution in [-0.4, -0.2) is 69.7 Å². The topological polar surface area (TPSA) is 103 Å². The first kappa shape index (κ1) is 19.7. The molecule has 0 bridgehead atoms. The smallest absolute Gasteiger partial charge is 0.219 e. The predicted molar refractivity (Wildman–Crippen MR) is 91.8 cm³/mol. The summed E-state index contributed by atoms with van der Waals surface area (Å²) in [4.78, 5) is 17.2. The summed E-state index contributed by atoms with van der Waals surface area (Å²) in [6, 6.07) is 0.131. The van der Waals surface area contributed by atoms with Crippen LogP contribution >= 0.6 is 0 Å². The molecule has 1 fully saturated rings. The molecule has 0 unspecified atom stereocenters. The second-order valence-corrected chi connectivity index (χ2v) is 7.89. The van der Waals surface area contributed by atoms with E-state index >= 15 is 0 Å². The van der Waals surface area contributed by atoms with Gasteiger partial charge in [0.05, 0.1) is 5.75 Å². The Hall–Kier alpha value is -1.35. The second kappa shape index (κ2) is 9.07. The SMILES string of the molecule is CN=C(NCCS(=O)(=O)NC(C)C)NC1CCN(C(C)=O)CC1. The highest BCUT2D eigenvalue weighted by Crippen LogP contribution is 2.10. The van der Waals surface area contributed by atoms with Crippen LogP contribution in [0, 0.1) is 0 Å². The van der Waals surface area contributed by atoms with E-state index in [1.807, 2.05) is 4.90 Å². The van der Waals surface area contributed by atoms with Gasteiger partial charge in [-0.2, -0.15) is 0 Å². The van der Waals surface area contributed by atoms with Gasteiger partial charge in [0.15, 0.2) is 5.96 Å². The number of carbonyl (C=O) groups excluding carboxylic acids is 1. The molecule has 0 spiro atoms. The molecular weight excluding hydrogens is 318 g/mol. The lowest BCUT2D eigenvalue weighted by Gasteiger charge is -2.32. The van der Waals surface area contributed by atoms with Crippen LogP contribution in [0.2, 0.25) is 0 Å². The van der Waals surface area contributed by atoms with Crippen molar-refractivity contribution in [2.24, 2.45) is 4.99 Å². The molecule has 0 atom stereocenters. The Balaban J connectivity index is 2.35. The Bertz CT molecular complexity index is 511. The molecule has 1 heterocycles. The van der Waals surface area contributed by atoms with E-state index in [0.717, 1.165) is 25.9 Å². The van der Waals surface area contributed by atoms with Gasteiger partial charge in [-0.15, -0.1) is 0 Å². The van der Waals surface area contributed by atoms with Crippen molar-refractivity contribution in [1.29, 1.82) is 0 Å². The number of hydrogen-bond acceptors (Lipinski definition) is 4. The van der Waals surface area contributed by atoms with Gasteiger partial charge in [0.1, 0.15) is 0 Å². The number of guanidine groups is 1. The van der Waals surface area contributed by atoms with E-state index in [4.69, 9.17) is 0 Å². The van der Waals surface area contributed by atoms with Crippen LogP contribution in [0.3, 0.4) is 0 Å². The van der Waals surface area contributed by atoms with Crippen molar-refractivity contribution in [3.63, 3.8) is 0 Å². The first-order valence-electron chi connectivity index (χ1n) is 7.96. The quantitative estimate of drug-likeness (QED) is 0.444. The zero-order chi connectivity index (χ0) is 17.5. The van der Waals surface area contributed by atoms with Crippen LogP contribution in [0.15, 0.2) is 4.99 Å². The number of carbonyl (C=O) groups is 1. The summed E-state index contributed by atoms with van der Waals surface area (Å²) < 4.78 is 26.0. The van der Waals surface area contributed by atoms with E-state index in [0.29, 0.717) is 5.96 Å². The van der Waals surface area contributed by atoms with E-state index in [-0.39, 0.29) is 30.3 Å². The third kappa shape index (κ3) is 7.65. The fourth-order valence-corrected chi connectivity index (χ4v) is 3.66. The van der Waals surface area contributed by atoms with Crippen molar-refractivity contribution >= 4 is 21.9 Å². The molecule has 0 aromatic rings. The Kier molecular flexibility index (Phi) is 7.77. The molecule has 1 saturated heterocycles. The minimum Gasteiger partial charge on any atom is -0.355 e. The number of amides is 1. The zero-order valence-electron chi connectivity index (χ0n) is 14.4. The van der Waals surface area contributed by atoms with E-state index in [2.05, 4.69) is 20.3 Å². The highest BCUT2D eigenvalue weighted by atomic mass is 32.2. The minimum atomic E-state index is -3.27. The molecule has 0 radical (unpaired) electrons. The minimum absolute atomic E-state index is 0.00530. The van der Waals surface area contributed by atoms with Crippen LogP contribution in [-0.2, 0) is 14.8 Å². The fourth-order valence-electron chi connectivity index (χ4n) is 2.45. The van der Waals surface area contributed by atoms with Gasteiger partial charge in [-0.05, 0) is 26.7 Å². The standard InChI is InChI=1S/C14H29N5O3S/c1-11(2)18-23(21,22)10-7-16-14(15-4)17-13-5-8-19(9-6-13)12(3)20/h11,13,18H,5-10H2,1-4H3,(H2,15,16,17). The molecule has 3 N–H and O–H groups in total. The summed E-state index contributed by atoms with van der Waals surface area (Å²) in [5.41, 5.74) is 0. The maximum atomic E-state index is 11.8. The predicted octanol–water partition coefficient (Wildman–Crippen LogP) is -0.510. The molecular formula is C14H29N5O3S. The third-order valence-electron chi connectivity index (χ3n) is 3.58. The number of sulfonamides is 1. The summed E-state index contributed by atoms with van der Waals surface area (Å²) in [5.74, 6) is 0.689. The summed E-state index contributed by atoms with van der Waals surface area (Å²) >= 11 is 0. The van der Waals surface area contributed by atoms with Gasteiger partial charge < -0.3 is 15.5 Å². The lowest BCUT2D eigenvalue weighted by molar-refractivity contribution is -0.129.